The van der Waals surface area contributed by atoms with E-state index in [1.165, 1.54) is 0 Å². The Balaban J connectivity index is 2.59. The number of nitrogens with zero attached hydrogens (tertiary/aromatic N) is 1. The lowest BCUT2D eigenvalue weighted by Crippen LogP contribution is -2.10. The quantitative estimate of drug-likeness (QED) is 0.542. The maximum absolute atomic E-state index is 11.4. The molecule has 0 saturated heterocycles. The summed E-state index contributed by atoms with van der Waals surface area (Å²) < 4.78 is 11.4. The highest BCUT2D eigenvalue weighted by atomic mass is 16.7. The monoisotopic (exact) mass is 195 g/mol. The molecule has 0 N–H and O–H groups in total. The van der Waals surface area contributed by atoms with Crippen LogP contribution in [-0.2, 0) is 16.5 Å². The number of carbonyl (C=O) groups excluding carboxylic acids is 1. The van der Waals surface area contributed by atoms with Gasteiger partial charge < -0.3 is 14.0 Å². The maximum atomic E-state index is 11.4. The summed E-state index contributed by atoms with van der Waals surface area (Å²) in [6, 6.07) is 3.43. The van der Waals surface area contributed by atoms with Gasteiger partial charge in [-0.15, -0.1) is 0 Å². The number of esters is 1. The van der Waals surface area contributed by atoms with Crippen molar-refractivity contribution in [1.29, 1.82) is 0 Å². The number of aromatic nitrogens is 1. The lowest BCUT2D eigenvalue weighted by Gasteiger charge is -2.07. The van der Waals surface area contributed by atoms with E-state index in [1.807, 2.05) is 0 Å². The zero-order valence-corrected chi connectivity index (χ0v) is 8.32. The smallest absolute Gasteiger partial charge is 0.362 e. The Labute approximate surface area is 82.7 Å². The molecule has 0 aliphatic rings. The Morgan fingerprint density at radius 1 is 1.64 bits per heavy atom. The standard InChI is InChI=1S/C10H13NO3/c1-4-13-8(2)14-10(12)9-6-5-7-11(9)3/h5-7H,2,4H2,1,3H3. The minimum Gasteiger partial charge on any atom is -0.466 e. The molecule has 1 aromatic rings. The van der Waals surface area contributed by atoms with Crippen LogP contribution in [-0.4, -0.2) is 17.1 Å². The summed E-state index contributed by atoms with van der Waals surface area (Å²) in [6.45, 7) is 5.67. The van der Waals surface area contributed by atoms with E-state index >= 15 is 0 Å². The van der Waals surface area contributed by atoms with Gasteiger partial charge in [0.2, 0.25) is 0 Å². The van der Waals surface area contributed by atoms with Crippen LogP contribution in [0.2, 0.25) is 0 Å². The molecule has 0 aliphatic heterocycles. The SMILES string of the molecule is C=C(OCC)OC(=O)c1cccn1C. The number of carbonyl (C=O) groups is 1. The van der Waals surface area contributed by atoms with Crippen molar-refractivity contribution in [3.63, 3.8) is 0 Å². The van der Waals surface area contributed by atoms with Crippen molar-refractivity contribution in [2.24, 2.45) is 7.05 Å². The van der Waals surface area contributed by atoms with Crippen LogP contribution >= 0.6 is 0 Å². The van der Waals surface area contributed by atoms with Crippen LogP contribution in [0.4, 0.5) is 0 Å². The molecule has 1 heterocycles. The predicted molar refractivity (Wildman–Crippen MR) is 51.6 cm³/mol. The zero-order chi connectivity index (χ0) is 10.6. The van der Waals surface area contributed by atoms with E-state index in [0.29, 0.717) is 12.3 Å². The van der Waals surface area contributed by atoms with Crippen LogP contribution in [0.3, 0.4) is 0 Å². The van der Waals surface area contributed by atoms with E-state index in [4.69, 9.17) is 9.47 Å². The molecule has 1 rings (SSSR count). The summed E-state index contributed by atoms with van der Waals surface area (Å²) in [5, 5.41) is 0. The average molecular weight is 195 g/mol. The number of rotatable bonds is 4. The molecular formula is C10H13NO3. The van der Waals surface area contributed by atoms with E-state index in [0.717, 1.165) is 0 Å². The highest BCUT2D eigenvalue weighted by Crippen LogP contribution is 2.06. The first kappa shape index (κ1) is 10.4. The Bertz CT molecular complexity index is 341. The lowest BCUT2D eigenvalue weighted by atomic mass is 10.4. The third kappa shape index (κ3) is 2.39. The minimum atomic E-state index is -0.462. The van der Waals surface area contributed by atoms with Crippen LogP contribution in [0, 0.1) is 0 Å². The first-order chi connectivity index (χ1) is 6.65. The second-order valence-corrected chi connectivity index (χ2v) is 2.70. The lowest BCUT2D eigenvalue weighted by molar-refractivity contribution is 0.0283. The van der Waals surface area contributed by atoms with E-state index in [9.17, 15) is 4.79 Å². The second kappa shape index (κ2) is 4.50. The topological polar surface area (TPSA) is 40.5 Å². The Morgan fingerprint density at radius 2 is 2.36 bits per heavy atom. The molecule has 76 valence electrons. The Kier molecular flexibility index (Phi) is 3.34. The van der Waals surface area contributed by atoms with Crippen molar-refractivity contribution in [1.82, 2.24) is 4.57 Å². The van der Waals surface area contributed by atoms with Crippen LogP contribution < -0.4 is 0 Å². The number of aryl methyl sites for hydroxylation is 1. The summed E-state index contributed by atoms with van der Waals surface area (Å²) in [7, 11) is 1.76. The molecule has 0 unspecified atom stereocenters. The van der Waals surface area contributed by atoms with Gasteiger partial charge in [-0.1, -0.05) is 0 Å². The largest absolute Gasteiger partial charge is 0.466 e. The number of ether oxygens (including phenoxy) is 2. The van der Waals surface area contributed by atoms with Crippen LogP contribution in [0.25, 0.3) is 0 Å². The molecule has 0 atom stereocenters. The van der Waals surface area contributed by atoms with Crippen LogP contribution in [0.5, 0.6) is 0 Å². The van der Waals surface area contributed by atoms with Gasteiger partial charge in [0, 0.05) is 13.2 Å². The number of hydrogen-bond acceptors (Lipinski definition) is 3. The van der Waals surface area contributed by atoms with Crippen molar-refractivity contribution in [2.45, 2.75) is 6.92 Å². The fourth-order valence-electron chi connectivity index (χ4n) is 1.02. The van der Waals surface area contributed by atoms with E-state index < -0.39 is 5.97 Å². The zero-order valence-electron chi connectivity index (χ0n) is 8.32. The van der Waals surface area contributed by atoms with Crippen molar-refractivity contribution in [3.05, 3.63) is 36.5 Å². The van der Waals surface area contributed by atoms with Gasteiger partial charge in [-0.2, -0.15) is 0 Å². The minimum absolute atomic E-state index is 0.0266. The molecule has 0 aliphatic carbocycles. The fourth-order valence-corrected chi connectivity index (χ4v) is 1.02. The van der Waals surface area contributed by atoms with E-state index in [1.54, 1.807) is 36.9 Å². The molecule has 0 spiro atoms. The molecule has 1 aromatic heterocycles. The molecule has 0 fully saturated rings. The van der Waals surface area contributed by atoms with Gasteiger partial charge in [0.25, 0.3) is 5.95 Å². The summed E-state index contributed by atoms with van der Waals surface area (Å²) in [6.07, 6.45) is 1.76. The van der Waals surface area contributed by atoms with Gasteiger partial charge in [-0.05, 0) is 25.6 Å². The first-order valence-electron chi connectivity index (χ1n) is 4.30. The van der Waals surface area contributed by atoms with Gasteiger partial charge in [0.1, 0.15) is 5.69 Å². The molecule has 0 bridgehead atoms. The summed E-state index contributed by atoms with van der Waals surface area (Å²) in [4.78, 5) is 11.4. The molecule has 0 saturated carbocycles. The fraction of sp³-hybridized carbons (Fsp3) is 0.300. The molecule has 14 heavy (non-hydrogen) atoms. The van der Waals surface area contributed by atoms with Crippen molar-refractivity contribution >= 4 is 5.97 Å². The third-order valence-corrected chi connectivity index (χ3v) is 1.66. The van der Waals surface area contributed by atoms with Gasteiger partial charge in [-0.3, -0.25) is 0 Å². The Hall–Kier alpha value is -1.71. The third-order valence-electron chi connectivity index (χ3n) is 1.66. The normalized spacial score (nSPS) is 9.57. The number of hydrogen-bond donors (Lipinski definition) is 0. The van der Waals surface area contributed by atoms with Crippen molar-refractivity contribution < 1.29 is 14.3 Å². The van der Waals surface area contributed by atoms with Crippen LogP contribution in [0.1, 0.15) is 17.4 Å². The average Bonchev–Trinajstić information content (AvgIpc) is 2.51. The van der Waals surface area contributed by atoms with E-state index in [-0.39, 0.29) is 5.95 Å². The maximum Gasteiger partial charge on any atom is 0.362 e. The van der Waals surface area contributed by atoms with Crippen molar-refractivity contribution in [3.8, 4) is 0 Å². The highest BCUT2D eigenvalue weighted by Gasteiger charge is 2.12. The van der Waals surface area contributed by atoms with Gasteiger partial charge >= 0.3 is 5.97 Å². The molecule has 0 radical (unpaired) electrons. The molecule has 0 amide bonds. The van der Waals surface area contributed by atoms with Gasteiger partial charge in [0.05, 0.1) is 6.61 Å². The molecule has 4 heteroatoms. The Morgan fingerprint density at radius 3 is 2.86 bits per heavy atom. The summed E-state index contributed by atoms with van der Waals surface area (Å²) in [5.74, 6) is -0.436. The van der Waals surface area contributed by atoms with Gasteiger partial charge in [-0.25, -0.2) is 4.79 Å². The molecule has 4 nitrogen and oxygen atoms in total. The molecular weight excluding hydrogens is 182 g/mol. The first-order valence-corrected chi connectivity index (χ1v) is 4.30. The van der Waals surface area contributed by atoms with Crippen molar-refractivity contribution in [2.75, 3.05) is 6.61 Å². The second-order valence-electron chi connectivity index (χ2n) is 2.70. The predicted octanol–water partition coefficient (Wildman–Crippen LogP) is 1.69. The van der Waals surface area contributed by atoms with E-state index in [2.05, 4.69) is 6.58 Å². The van der Waals surface area contributed by atoms with Crippen LogP contribution in [0.15, 0.2) is 30.9 Å². The summed E-state index contributed by atoms with van der Waals surface area (Å²) >= 11 is 0. The van der Waals surface area contributed by atoms with Gasteiger partial charge in [0.15, 0.2) is 0 Å². The molecule has 0 aromatic carbocycles. The summed E-state index contributed by atoms with van der Waals surface area (Å²) in [5.41, 5.74) is 0.464. The highest BCUT2D eigenvalue weighted by molar-refractivity contribution is 5.88.